The lowest BCUT2D eigenvalue weighted by Crippen LogP contribution is -2.46. The summed E-state index contributed by atoms with van der Waals surface area (Å²) < 4.78 is 0. The van der Waals surface area contributed by atoms with Crippen LogP contribution in [-0.4, -0.2) is 11.0 Å². The van der Waals surface area contributed by atoms with Crippen molar-refractivity contribution in [3.05, 3.63) is 46.1 Å². The maximum absolute atomic E-state index is 11.6. The quantitative estimate of drug-likeness (QED) is 0.721. The number of halogens is 1. The third kappa shape index (κ3) is 2.32. The van der Waals surface area contributed by atoms with Crippen molar-refractivity contribution in [2.24, 2.45) is 5.73 Å². The molecule has 0 fully saturated rings. The molecule has 1 aliphatic rings. The van der Waals surface area contributed by atoms with Gasteiger partial charge in [-0.05, 0) is 30.8 Å². The second-order valence-corrected chi connectivity index (χ2v) is 4.77. The van der Waals surface area contributed by atoms with E-state index >= 15 is 0 Å². The van der Waals surface area contributed by atoms with Crippen molar-refractivity contribution in [3.63, 3.8) is 0 Å². The van der Waals surface area contributed by atoms with E-state index < -0.39 is 11.9 Å². The van der Waals surface area contributed by atoms with E-state index in [0.717, 1.165) is 5.56 Å². The van der Waals surface area contributed by atoms with Gasteiger partial charge in [0, 0.05) is 10.7 Å². The maximum Gasteiger partial charge on any atom is 0.248 e. The topological polar surface area (TPSA) is 67.2 Å². The third-order valence-corrected chi connectivity index (χ3v) is 3.31. The number of benzene rings is 1. The monoisotopic (exact) mass is 281 g/mol. The lowest BCUT2D eigenvalue weighted by Gasteiger charge is -2.29. The number of hydrogen-bond acceptors (Lipinski definition) is 2. The smallest absolute Gasteiger partial charge is 0.248 e. The summed E-state index contributed by atoms with van der Waals surface area (Å²) in [6.07, 6.45) is 0. The second kappa shape index (κ2) is 4.96. The average Bonchev–Trinajstić information content (AvgIpc) is 2.27. The largest absolute Gasteiger partial charge is 0.366 e. The van der Waals surface area contributed by atoms with Gasteiger partial charge in [0.05, 0.1) is 11.6 Å². The summed E-state index contributed by atoms with van der Waals surface area (Å²) in [4.78, 5) is 11.6. The fraction of sp³-hybridized carbons (Fsp3) is 0.167. The number of nitrogens with two attached hydrogens (primary N) is 1. The first-order chi connectivity index (χ1) is 8.50. The Kier molecular flexibility index (Phi) is 3.54. The van der Waals surface area contributed by atoms with Gasteiger partial charge >= 0.3 is 0 Å². The van der Waals surface area contributed by atoms with Crippen LogP contribution in [0, 0.1) is 0 Å². The van der Waals surface area contributed by atoms with Crippen LogP contribution in [0.4, 0.5) is 0 Å². The predicted octanol–water partition coefficient (Wildman–Crippen LogP) is 1.62. The third-order valence-electron chi connectivity index (χ3n) is 2.75. The van der Waals surface area contributed by atoms with Crippen LogP contribution in [-0.2, 0) is 4.79 Å². The number of rotatable bonds is 2. The maximum atomic E-state index is 11.6. The lowest BCUT2D eigenvalue weighted by molar-refractivity contribution is -0.115. The summed E-state index contributed by atoms with van der Waals surface area (Å²) >= 11 is 11.2. The van der Waals surface area contributed by atoms with Gasteiger partial charge in [-0.15, -0.1) is 0 Å². The van der Waals surface area contributed by atoms with E-state index in [1.165, 1.54) is 0 Å². The fourth-order valence-electron chi connectivity index (χ4n) is 1.96. The highest BCUT2D eigenvalue weighted by molar-refractivity contribution is 7.80. The fourth-order valence-corrected chi connectivity index (χ4v) is 2.48. The van der Waals surface area contributed by atoms with Crippen LogP contribution >= 0.6 is 23.8 Å². The van der Waals surface area contributed by atoms with Crippen LogP contribution in [0.15, 0.2) is 35.5 Å². The SMILES string of the molecule is CC1=C(C(N)=O)[C@H](c2ccccc2Cl)NC(=S)N1. The molecule has 1 aromatic rings. The highest BCUT2D eigenvalue weighted by Crippen LogP contribution is 2.30. The van der Waals surface area contributed by atoms with E-state index in [1.54, 1.807) is 13.0 Å². The van der Waals surface area contributed by atoms with Crippen molar-refractivity contribution in [2.45, 2.75) is 13.0 Å². The van der Waals surface area contributed by atoms with Gasteiger partial charge in [-0.1, -0.05) is 29.8 Å². The molecule has 0 saturated carbocycles. The summed E-state index contributed by atoms with van der Waals surface area (Å²) in [5.74, 6) is -0.500. The van der Waals surface area contributed by atoms with Crippen LogP contribution < -0.4 is 16.4 Å². The Morgan fingerprint density at radius 2 is 2.11 bits per heavy atom. The van der Waals surface area contributed by atoms with Gasteiger partial charge < -0.3 is 16.4 Å². The van der Waals surface area contributed by atoms with Crippen LogP contribution in [0.3, 0.4) is 0 Å². The van der Waals surface area contributed by atoms with E-state index in [4.69, 9.17) is 29.6 Å². The van der Waals surface area contributed by atoms with Crippen molar-refractivity contribution in [3.8, 4) is 0 Å². The summed E-state index contributed by atoms with van der Waals surface area (Å²) in [5.41, 5.74) is 7.28. The minimum atomic E-state index is -0.500. The van der Waals surface area contributed by atoms with E-state index in [1.807, 2.05) is 18.2 Å². The van der Waals surface area contributed by atoms with Crippen molar-refractivity contribution >= 4 is 34.8 Å². The summed E-state index contributed by atoms with van der Waals surface area (Å²) in [6.45, 7) is 1.76. The molecule has 1 amide bonds. The van der Waals surface area contributed by atoms with Crippen molar-refractivity contribution in [2.75, 3.05) is 0 Å². The molecule has 4 N–H and O–H groups in total. The van der Waals surface area contributed by atoms with Crippen LogP contribution in [0.5, 0.6) is 0 Å². The first-order valence-electron chi connectivity index (χ1n) is 5.33. The molecule has 1 aromatic carbocycles. The molecule has 1 atom stereocenters. The Morgan fingerprint density at radius 3 is 2.72 bits per heavy atom. The molecule has 2 rings (SSSR count). The van der Waals surface area contributed by atoms with E-state index in [2.05, 4.69) is 10.6 Å². The number of nitrogens with one attached hydrogen (secondary N) is 2. The second-order valence-electron chi connectivity index (χ2n) is 3.96. The molecule has 0 radical (unpaired) electrons. The van der Waals surface area contributed by atoms with E-state index in [9.17, 15) is 4.79 Å². The zero-order valence-electron chi connectivity index (χ0n) is 9.66. The summed E-state index contributed by atoms with van der Waals surface area (Å²) in [6, 6.07) is 6.86. The lowest BCUT2D eigenvalue weighted by atomic mass is 9.95. The molecule has 0 unspecified atom stereocenters. The van der Waals surface area contributed by atoms with E-state index in [-0.39, 0.29) is 0 Å². The van der Waals surface area contributed by atoms with Crippen LogP contribution in [0.1, 0.15) is 18.5 Å². The number of primary amides is 1. The van der Waals surface area contributed by atoms with Gasteiger partial charge in [0.15, 0.2) is 5.11 Å². The number of carbonyl (C=O) groups is 1. The highest BCUT2D eigenvalue weighted by Gasteiger charge is 2.29. The van der Waals surface area contributed by atoms with Crippen molar-refractivity contribution in [1.82, 2.24) is 10.6 Å². The zero-order valence-corrected chi connectivity index (χ0v) is 11.2. The summed E-state index contributed by atoms with van der Waals surface area (Å²) in [7, 11) is 0. The molecule has 94 valence electrons. The predicted molar refractivity (Wildman–Crippen MR) is 75.0 cm³/mol. The molecule has 4 nitrogen and oxygen atoms in total. The minimum absolute atomic E-state index is 0.412. The molecule has 0 spiro atoms. The molecule has 18 heavy (non-hydrogen) atoms. The Hall–Kier alpha value is -1.59. The number of amides is 1. The van der Waals surface area contributed by atoms with Crippen molar-refractivity contribution < 1.29 is 4.79 Å². The molecule has 1 aliphatic heterocycles. The molecular weight excluding hydrogens is 270 g/mol. The molecule has 0 saturated heterocycles. The highest BCUT2D eigenvalue weighted by atomic mass is 35.5. The normalized spacial score (nSPS) is 19.2. The number of hydrogen-bond donors (Lipinski definition) is 3. The summed E-state index contributed by atoms with van der Waals surface area (Å²) in [5, 5.41) is 6.91. The van der Waals surface area contributed by atoms with Gasteiger partial charge in [-0.2, -0.15) is 0 Å². The molecule has 1 heterocycles. The molecular formula is C12H12ClN3OS. The number of carbonyl (C=O) groups excluding carboxylic acids is 1. The average molecular weight is 282 g/mol. The zero-order chi connectivity index (χ0) is 13.3. The van der Waals surface area contributed by atoms with Gasteiger partial charge in [0.25, 0.3) is 0 Å². The molecule has 6 heteroatoms. The standard InChI is InChI=1S/C12H12ClN3OS/c1-6-9(11(14)17)10(16-12(18)15-6)7-4-2-3-5-8(7)13/h2-5,10H,1H3,(H2,14,17)(H2,15,16,18)/t10-/m0/s1. The number of allylic oxidation sites excluding steroid dienone is 1. The van der Waals surface area contributed by atoms with Crippen molar-refractivity contribution in [1.29, 1.82) is 0 Å². The Morgan fingerprint density at radius 1 is 1.44 bits per heavy atom. The molecule has 0 aromatic heterocycles. The van der Waals surface area contributed by atoms with Gasteiger partial charge in [-0.3, -0.25) is 4.79 Å². The van der Waals surface area contributed by atoms with E-state index in [0.29, 0.717) is 21.4 Å². The van der Waals surface area contributed by atoms with Gasteiger partial charge in [0.2, 0.25) is 5.91 Å². The Balaban J connectivity index is 2.54. The molecule has 0 aliphatic carbocycles. The first kappa shape index (κ1) is 12.9. The molecule has 0 bridgehead atoms. The minimum Gasteiger partial charge on any atom is -0.366 e. The van der Waals surface area contributed by atoms with Gasteiger partial charge in [0.1, 0.15) is 0 Å². The van der Waals surface area contributed by atoms with Crippen LogP contribution in [0.2, 0.25) is 5.02 Å². The number of thiocarbonyl (C=S) groups is 1. The Bertz CT molecular complexity index is 556. The van der Waals surface area contributed by atoms with Crippen LogP contribution in [0.25, 0.3) is 0 Å². The first-order valence-corrected chi connectivity index (χ1v) is 6.12. The van der Waals surface area contributed by atoms with Gasteiger partial charge in [-0.25, -0.2) is 0 Å². The Labute approximate surface area is 115 Å².